The van der Waals surface area contributed by atoms with Crippen LogP contribution in [0, 0.1) is 0 Å². The summed E-state index contributed by atoms with van der Waals surface area (Å²) in [7, 11) is 0. The van der Waals surface area contributed by atoms with E-state index in [0.29, 0.717) is 18.6 Å². The molecule has 1 atom stereocenters. The lowest BCUT2D eigenvalue weighted by molar-refractivity contribution is 0.172. The third kappa shape index (κ3) is 3.45. The van der Waals surface area contributed by atoms with Crippen molar-refractivity contribution in [1.82, 2.24) is 4.90 Å². The number of rotatable bonds is 5. The van der Waals surface area contributed by atoms with Crippen LogP contribution < -0.4 is 5.73 Å². The Morgan fingerprint density at radius 1 is 1.47 bits per heavy atom. The Morgan fingerprint density at radius 2 is 2.13 bits per heavy atom. The first-order valence-electron chi connectivity index (χ1n) is 5.26. The summed E-state index contributed by atoms with van der Waals surface area (Å²) in [5, 5.41) is 2.81. The number of halogens is 1. The second kappa shape index (κ2) is 5.85. The third-order valence-corrected chi connectivity index (χ3v) is 4.00. The van der Waals surface area contributed by atoms with Crippen LogP contribution in [0.5, 0.6) is 0 Å². The number of hydrogen-bond acceptors (Lipinski definition) is 3. The molecule has 0 saturated carbocycles. The molecule has 0 aliphatic carbocycles. The minimum Gasteiger partial charge on any atom is -0.329 e. The summed E-state index contributed by atoms with van der Waals surface area (Å²) in [5.74, 6) is 0. The quantitative estimate of drug-likeness (QED) is 0.865. The first kappa shape index (κ1) is 13.0. The maximum atomic E-state index is 5.93. The Morgan fingerprint density at radius 3 is 2.53 bits per heavy atom. The molecule has 2 nitrogen and oxygen atoms in total. The highest BCUT2D eigenvalue weighted by Crippen LogP contribution is 2.29. The molecule has 0 aliphatic heterocycles. The van der Waals surface area contributed by atoms with Crippen LogP contribution in [0.25, 0.3) is 0 Å². The van der Waals surface area contributed by atoms with E-state index < -0.39 is 0 Å². The van der Waals surface area contributed by atoms with Crippen LogP contribution in [0.3, 0.4) is 0 Å². The molecule has 0 spiro atoms. The van der Waals surface area contributed by atoms with E-state index in [1.807, 2.05) is 11.4 Å². The topological polar surface area (TPSA) is 29.3 Å². The normalized spacial score (nSPS) is 13.8. The maximum Gasteiger partial charge on any atom is 0.0516 e. The van der Waals surface area contributed by atoms with Gasteiger partial charge in [-0.3, -0.25) is 4.90 Å². The number of nitrogens with zero attached hydrogens (tertiary/aromatic N) is 1. The molecule has 1 aromatic rings. The van der Waals surface area contributed by atoms with E-state index in [1.165, 1.54) is 4.88 Å². The summed E-state index contributed by atoms with van der Waals surface area (Å²) < 4.78 is 0. The zero-order valence-electron chi connectivity index (χ0n) is 9.53. The molecule has 0 fully saturated rings. The van der Waals surface area contributed by atoms with E-state index in [1.54, 1.807) is 11.3 Å². The van der Waals surface area contributed by atoms with Crippen LogP contribution in [-0.2, 0) is 0 Å². The van der Waals surface area contributed by atoms with Crippen molar-refractivity contribution in [2.45, 2.75) is 32.9 Å². The molecule has 0 aromatic carbocycles. The zero-order chi connectivity index (χ0) is 11.4. The molecule has 86 valence electrons. The number of thiophene rings is 1. The highest BCUT2D eigenvalue weighted by atomic mass is 35.5. The van der Waals surface area contributed by atoms with Gasteiger partial charge in [0.05, 0.1) is 5.02 Å². The molecular formula is C11H19ClN2S. The van der Waals surface area contributed by atoms with Gasteiger partial charge >= 0.3 is 0 Å². The van der Waals surface area contributed by atoms with Crippen molar-refractivity contribution in [2.24, 2.45) is 5.73 Å². The summed E-state index contributed by atoms with van der Waals surface area (Å²) in [6.07, 6.45) is 0. The molecule has 4 heteroatoms. The molecule has 0 saturated heterocycles. The van der Waals surface area contributed by atoms with Crippen molar-refractivity contribution < 1.29 is 0 Å². The van der Waals surface area contributed by atoms with Crippen LogP contribution in [0.1, 0.15) is 31.7 Å². The van der Waals surface area contributed by atoms with E-state index in [4.69, 9.17) is 17.3 Å². The van der Waals surface area contributed by atoms with Gasteiger partial charge in [0.25, 0.3) is 0 Å². The van der Waals surface area contributed by atoms with Gasteiger partial charge in [-0.25, -0.2) is 0 Å². The van der Waals surface area contributed by atoms with Gasteiger partial charge in [0.15, 0.2) is 0 Å². The fourth-order valence-corrected chi connectivity index (χ4v) is 2.92. The van der Waals surface area contributed by atoms with Gasteiger partial charge in [-0.2, -0.15) is 0 Å². The van der Waals surface area contributed by atoms with Crippen LogP contribution in [-0.4, -0.2) is 24.0 Å². The second-order valence-electron chi connectivity index (χ2n) is 3.96. The van der Waals surface area contributed by atoms with E-state index in [-0.39, 0.29) is 0 Å². The molecular weight excluding hydrogens is 228 g/mol. The highest BCUT2D eigenvalue weighted by molar-refractivity contribution is 7.10. The van der Waals surface area contributed by atoms with Gasteiger partial charge in [-0.15, -0.1) is 11.3 Å². The summed E-state index contributed by atoms with van der Waals surface area (Å²) in [6, 6.07) is 2.94. The van der Waals surface area contributed by atoms with Gasteiger partial charge in [0.1, 0.15) is 0 Å². The van der Waals surface area contributed by atoms with Crippen LogP contribution >= 0.6 is 22.9 Å². The van der Waals surface area contributed by atoms with Crippen molar-refractivity contribution in [2.75, 3.05) is 13.1 Å². The molecule has 0 bridgehead atoms. The maximum absolute atomic E-state index is 5.93. The minimum absolute atomic E-state index is 0.394. The van der Waals surface area contributed by atoms with Gasteiger partial charge in [-0.1, -0.05) is 11.6 Å². The Labute approximate surface area is 101 Å². The van der Waals surface area contributed by atoms with Gasteiger partial charge in [-0.05, 0) is 26.8 Å². The smallest absolute Gasteiger partial charge is 0.0516 e. The molecule has 1 aromatic heterocycles. The first-order valence-corrected chi connectivity index (χ1v) is 6.51. The molecule has 2 N–H and O–H groups in total. The Hall–Kier alpha value is -0.0900. The number of nitrogens with two attached hydrogens (primary N) is 1. The van der Waals surface area contributed by atoms with E-state index >= 15 is 0 Å². The first-order chi connectivity index (χ1) is 7.06. The van der Waals surface area contributed by atoms with E-state index in [0.717, 1.165) is 11.6 Å². The Bertz CT molecular complexity index is 299. The average molecular weight is 247 g/mol. The molecule has 1 rings (SSSR count). The fourth-order valence-electron chi connectivity index (χ4n) is 1.76. The van der Waals surface area contributed by atoms with Crippen molar-refractivity contribution in [1.29, 1.82) is 0 Å². The second-order valence-corrected chi connectivity index (χ2v) is 5.34. The van der Waals surface area contributed by atoms with Crippen LogP contribution in [0.15, 0.2) is 11.4 Å². The summed E-state index contributed by atoms with van der Waals surface area (Å²) in [4.78, 5) is 3.70. The van der Waals surface area contributed by atoms with Gasteiger partial charge in [0.2, 0.25) is 0 Å². The molecule has 0 radical (unpaired) electrons. The third-order valence-electron chi connectivity index (χ3n) is 2.55. The van der Waals surface area contributed by atoms with Crippen molar-refractivity contribution in [3.8, 4) is 0 Å². The van der Waals surface area contributed by atoms with Gasteiger partial charge in [0, 0.05) is 35.4 Å². The highest BCUT2D eigenvalue weighted by Gasteiger charge is 2.19. The number of hydrogen-bond donors (Lipinski definition) is 1. The molecule has 0 amide bonds. The van der Waals surface area contributed by atoms with Crippen molar-refractivity contribution in [3.63, 3.8) is 0 Å². The zero-order valence-corrected chi connectivity index (χ0v) is 11.1. The SMILES string of the molecule is CC(C)N(CCN)C(C)c1cc(Cl)cs1. The lowest BCUT2D eigenvalue weighted by Crippen LogP contribution is -2.37. The molecule has 1 unspecified atom stereocenters. The predicted octanol–water partition coefficient (Wildman–Crippen LogP) is 3.13. The average Bonchev–Trinajstić information content (AvgIpc) is 2.59. The summed E-state index contributed by atoms with van der Waals surface area (Å²) in [5.41, 5.74) is 5.62. The van der Waals surface area contributed by atoms with E-state index in [2.05, 4.69) is 25.7 Å². The molecule has 0 aliphatic rings. The lowest BCUT2D eigenvalue weighted by atomic mass is 10.2. The minimum atomic E-state index is 0.394. The van der Waals surface area contributed by atoms with Crippen LogP contribution in [0.4, 0.5) is 0 Å². The fraction of sp³-hybridized carbons (Fsp3) is 0.636. The van der Waals surface area contributed by atoms with Crippen molar-refractivity contribution >= 4 is 22.9 Å². The monoisotopic (exact) mass is 246 g/mol. The standard InChI is InChI=1S/C11H19ClN2S/c1-8(2)14(5-4-13)9(3)11-6-10(12)7-15-11/h6-9H,4-5,13H2,1-3H3. The Kier molecular flexibility index (Phi) is 5.06. The lowest BCUT2D eigenvalue weighted by Gasteiger charge is -2.31. The van der Waals surface area contributed by atoms with Crippen molar-refractivity contribution in [3.05, 3.63) is 21.3 Å². The summed E-state index contributed by atoms with van der Waals surface area (Å²) >= 11 is 7.65. The summed E-state index contributed by atoms with van der Waals surface area (Å²) in [6.45, 7) is 8.22. The molecule has 15 heavy (non-hydrogen) atoms. The Balaban J connectivity index is 2.75. The predicted molar refractivity (Wildman–Crippen MR) is 68.6 cm³/mol. The largest absolute Gasteiger partial charge is 0.329 e. The van der Waals surface area contributed by atoms with Crippen LogP contribution in [0.2, 0.25) is 5.02 Å². The van der Waals surface area contributed by atoms with E-state index in [9.17, 15) is 0 Å². The van der Waals surface area contributed by atoms with Gasteiger partial charge < -0.3 is 5.73 Å². The molecule has 1 heterocycles.